The molecule has 0 aromatic carbocycles. The van der Waals surface area contributed by atoms with Gasteiger partial charge in [0.25, 0.3) is 0 Å². The monoisotopic (exact) mass is 297 g/mol. The predicted octanol–water partition coefficient (Wildman–Crippen LogP) is 2.74. The van der Waals surface area contributed by atoms with Gasteiger partial charge in [0.1, 0.15) is 0 Å². The van der Waals surface area contributed by atoms with Crippen molar-refractivity contribution in [1.29, 1.82) is 0 Å². The molecule has 0 aliphatic heterocycles. The third-order valence-electron chi connectivity index (χ3n) is 2.61. The van der Waals surface area contributed by atoms with E-state index in [0.717, 1.165) is 31.6 Å². The van der Waals surface area contributed by atoms with Crippen LogP contribution in [-0.4, -0.2) is 40.1 Å². The summed E-state index contributed by atoms with van der Waals surface area (Å²) < 4.78 is 5.18. The van der Waals surface area contributed by atoms with E-state index in [1.165, 1.54) is 0 Å². The fourth-order valence-electron chi connectivity index (χ4n) is 1.43. The maximum atomic E-state index is 11.6. The van der Waals surface area contributed by atoms with Crippen LogP contribution in [0, 0.1) is 0 Å². The molecule has 0 saturated carbocycles. The first kappa shape index (κ1) is 16.8. The highest BCUT2D eigenvalue weighted by molar-refractivity contribution is 8.00. The molecule has 0 saturated heterocycles. The van der Waals surface area contributed by atoms with Crippen LogP contribution in [0.2, 0.25) is 0 Å². The van der Waals surface area contributed by atoms with Crippen molar-refractivity contribution in [3.63, 3.8) is 0 Å². The molecule has 5 nitrogen and oxygen atoms in total. The van der Waals surface area contributed by atoms with E-state index in [-0.39, 0.29) is 11.2 Å². The van der Waals surface area contributed by atoms with Crippen LogP contribution in [0.1, 0.15) is 33.1 Å². The minimum absolute atomic E-state index is 0.0974. The summed E-state index contributed by atoms with van der Waals surface area (Å²) in [6, 6.07) is 1.78. The van der Waals surface area contributed by atoms with Gasteiger partial charge in [-0.3, -0.25) is 4.79 Å². The van der Waals surface area contributed by atoms with Crippen molar-refractivity contribution in [3.05, 3.63) is 18.5 Å². The minimum atomic E-state index is -0.109. The minimum Gasteiger partial charge on any atom is -0.465 e. The van der Waals surface area contributed by atoms with Gasteiger partial charge in [-0.05, 0) is 31.6 Å². The number of unbranched alkanes of at least 4 members (excludes halogenated alkanes) is 1. The molecule has 112 valence electrons. The van der Waals surface area contributed by atoms with E-state index in [2.05, 4.69) is 22.2 Å². The fraction of sp³-hybridized carbons (Fsp3) is 0.643. The molecule has 1 aromatic rings. The van der Waals surface area contributed by atoms with Crippen LogP contribution in [0.3, 0.4) is 0 Å². The SMILES string of the molecule is CCCCOC(=O)C(C)SCCCNc1ncccn1. The van der Waals surface area contributed by atoms with Gasteiger partial charge < -0.3 is 10.1 Å². The lowest BCUT2D eigenvalue weighted by molar-refractivity contribution is -0.142. The summed E-state index contributed by atoms with van der Waals surface area (Å²) in [4.78, 5) is 19.8. The van der Waals surface area contributed by atoms with Gasteiger partial charge in [0.2, 0.25) is 5.95 Å². The second-order valence-corrected chi connectivity index (χ2v) is 5.84. The van der Waals surface area contributed by atoms with Gasteiger partial charge in [0, 0.05) is 18.9 Å². The van der Waals surface area contributed by atoms with E-state index in [9.17, 15) is 4.79 Å². The van der Waals surface area contributed by atoms with E-state index in [1.54, 1.807) is 30.2 Å². The smallest absolute Gasteiger partial charge is 0.318 e. The van der Waals surface area contributed by atoms with Crippen molar-refractivity contribution < 1.29 is 9.53 Å². The van der Waals surface area contributed by atoms with Crippen LogP contribution in [-0.2, 0) is 9.53 Å². The third kappa shape index (κ3) is 7.33. The first-order valence-electron chi connectivity index (χ1n) is 7.03. The van der Waals surface area contributed by atoms with Crippen molar-refractivity contribution in [2.45, 2.75) is 38.4 Å². The number of carbonyl (C=O) groups excluding carboxylic acids is 1. The topological polar surface area (TPSA) is 64.1 Å². The van der Waals surface area contributed by atoms with Gasteiger partial charge in [-0.15, -0.1) is 11.8 Å². The van der Waals surface area contributed by atoms with Crippen LogP contribution in [0.15, 0.2) is 18.5 Å². The molecule has 0 radical (unpaired) electrons. The Labute approximate surface area is 124 Å². The molecule has 1 rings (SSSR count). The zero-order valence-corrected chi connectivity index (χ0v) is 13.0. The molecule has 1 unspecified atom stereocenters. The highest BCUT2D eigenvalue weighted by Gasteiger charge is 2.13. The number of hydrogen-bond donors (Lipinski definition) is 1. The van der Waals surface area contributed by atoms with Crippen LogP contribution in [0.5, 0.6) is 0 Å². The summed E-state index contributed by atoms with van der Waals surface area (Å²) in [6.07, 6.45) is 6.35. The maximum absolute atomic E-state index is 11.6. The lowest BCUT2D eigenvalue weighted by atomic mass is 10.4. The van der Waals surface area contributed by atoms with Crippen LogP contribution in [0.4, 0.5) is 5.95 Å². The van der Waals surface area contributed by atoms with Gasteiger partial charge in [0.05, 0.1) is 11.9 Å². The Morgan fingerprint density at radius 3 is 2.85 bits per heavy atom. The molecule has 0 aliphatic rings. The molecule has 0 spiro atoms. The van der Waals surface area contributed by atoms with Gasteiger partial charge >= 0.3 is 5.97 Å². The molecule has 1 heterocycles. The lowest BCUT2D eigenvalue weighted by Gasteiger charge is -2.11. The van der Waals surface area contributed by atoms with Crippen LogP contribution in [0.25, 0.3) is 0 Å². The van der Waals surface area contributed by atoms with Crippen molar-refractivity contribution in [3.8, 4) is 0 Å². The standard InChI is InChI=1S/C14H23N3O2S/c1-3-4-10-19-13(18)12(2)20-11-6-9-17-14-15-7-5-8-16-14/h5,7-8,12H,3-4,6,9-11H2,1-2H3,(H,15,16,17). The number of ether oxygens (including phenoxy) is 1. The molecule has 0 amide bonds. The van der Waals surface area contributed by atoms with E-state index < -0.39 is 0 Å². The number of esters is 1. The zero-order chi connectivity index (χ0) is 14.6. The summed E-state index contributed by atoms with van der Waals surface area (Å²) in [6.45, 7) is 5.31. The van der Waals surface area contributed by atoms with Crippen molar-refractivity contribution in [2.24, 2.45) is 0 Å². The molecule has 20 heavy (non-hydrogen) atoms. The molecule has 6 heteroatoms. The first-order chi connectivity index (χ1) is 9.74. The van der Waals surface area contributed by atoms with Crippen molar-refractivity contribution in [2.75, 3.05) is 24.2 Å². The summed E-state index contributed by atoms with van der Waals surface area (Å²) in [5.41, 5.74) is 0. The molecular weight excluding hydrogens is 274 g/mol. The van der Waals surface area contributed by atoms with Gasteiger partial charge in [-0.2, -0.15) is 0 Å². The number of aromatic nitrogens is 2. The zero-order valence-electron chi connectivity index (χ0n) is 12.2. The summed E-state index contributed by atoms with van der Waals surface area (Å²) in [5.74, 6) is 1.44. The van der Waals surface area contributed by atoms with E-state index in [0.29, 0.717) is 12.6 Å². The number of hydrogen-bond acceptors (Lipinski definition) is 6. The van der Waals surface area contributed by atoms with E-state index in [4.69, 9.17) is 4.74 Å². The quantitative estimate of drug-likeness (QED) is 0.529. The van der Waals surface area contributed by atoms with Crippen molar-refractivity contribution in [1.82, 2.24) is 9.97 Å². The molecule has 0 fully saturated rings. The summed E-state index contributed by atoms with van der Waals surface area (Å²) in [5, 5.41) is 3.04. The Morgan fingerprint density at radius 1 is 1.40 bits per heavy atom. The Balaban J connectivity index is 2.04. The van der Waals surface area contributed by atoms with E-state index in [1.807, 2.05) is 6.92 Å². The molecular formula is C14H23N3O2S. The van der Waals surface area contributed by atoms with Gasteiger partial charge in [0.15, 0.2) is 0 Å². The largest absolute Gasteiger partial charge is 0.465 e. The summed E-state index contributed by atoms with van der Waals surface area (Å²) in [7, 11) is 0. The Kier molecular flexibility index (Phi) is 8.78. The second kappa shape index (κ2) is 10.5. The van der Waals surface area contributed by atoms with E-state index >= 15 is 0 Å². The van der Waals surface area contributed by atoms with Gasteiger partial charge in [-0.1, -0.05) is 13.3 Å². The Morgan fingerprint density at radius 2 is 2.15 bits per heavy atom. The molecule has 0 bridgehead atoms. The number of nitrogens with one attached hydrogen (secondary N) is 1. The molecule has 0 aliphatic carbocycles. The predicted molar refractivity (Wildman–Crippen MR) is 82.9 cm³/mol. The third-order valence-corrected chi connectivity index (χ3v) is 3.83. The Bertz CT molecular complexity index is 376. The molecule has 1 aromatic heterocycles. The van der Waals surface area contributed by atoms with Crippen LogP contribution < -0.4 is 5.32 Å². The molecule has 1 N–H and O–H groups in total. The molecule has 1 atom stereocenters. The average Bonchev–Trinajstić information content (AvgIpc) is 2.48. The van der Waals surface area contributed by atoms with Crippen LogP contribution >= 0.6 is 11.8 Å². The number of rotatable bonds is 10. The first-order valence-corrected chi connectivity index (χ1v) is 8.08. The highest BCUT2D eigenvalue weighted by atomic mass is 32.2. The average molecular weight is 297 g/mol. The number of nitrogens with zero attached hydrogens (tertiary/aromatic N) is 2. The normalized spacial score (nSPS) is 11.9. The number of carbonyl (C=O) groups is 1. The fourth-order valence-corrected chi connectivity index (χ4v) is 2.29. The van der Waals surface area contributed by atoms with Gasteiger partial charge in [-0.25, -0.2) is 9.97 Å². The number of anilines is 1. The highest BCUT2D eigenvalue weighted by Crippen LogP contribution is 2.13. The van der Waals surface area contributed by atoms with Crippen molar-refractivity contribution >= 4 is 23.7 Å². The Hall–Kier alpha value is -1.30. The number of thioether (sulfide) groups is 1. The lowest BCUT2D eigenvalue weighted by Crippen LogP contribution is -2.18. The summed E-state index contributed by atoms with van der Waals surface area (Å²) >= 11 is 1.62. The maximum Gasteiger partial charge on any atom is 0.318 e. The second-order valence-electron chi connectivity index (χ2n) is 4.39.